The standard InChI is InChI=1S/C80H57BN6/c1-80(2,3)56-44-75-77-76(45-56)87(79-65(54-28-12-6-13-29-54)50-83-51-66(79)55-30-14-7-15-31-55)74-47-58(85-71-38-22-18-34-61(71)62-35-19-23-39-72(62)85)41-43-68(74)81(77)67-42-40-57(84-69-36-20-16-32-59(69)60-33-17-21-37-70(60)84)46-73(67)86(75)78-63(52-24-8-4-9-25-52)48-82-49-64(78)53-26-10-5-11-27-53/h4-51H,1-3H3. The fraction of sp³-hybridized carbons (Fsp3) is 0.0500. The van der Waals surface area contributed by atoms with Gasteiger partial charge in [-0.3, -0.25) is 9.97 Å². The average molecular weight is 1110 g/mol. The molecule has 0 bridgehead atoms. The predicted molar refractivity (Wildman–Crippen MR) is 365 cm³/mol. The molecule has 0 fully saturated rings. The molecule has 6 nitrogen and oxygen atoms in total. The number of fused-ring (bicyclic) bond motifs is 10. The first-order chi connectivity index (χ1) is 42.9. The Labute approximate surface area is 506 Å². The van der Waals surface area contributed by atoms with E-state index in [1.165, 1.54) is 43.5 Å². The summed E-state index contributed by atoms with van der Waals surface area (Å²) in [7, 11) is 0. The zero-order valence-corrected chi connectivity index (χ0v) is 48.5. The molecule has 4 aromatic heterocycles. The van der Waals surface area contributed by atoms with Crippen molar-refractivity contribution in [2.24, 2.45) is 0 Å². The molecule has 17 rings (SSSR count). The molecular formula is C80H57BN6. The summed E-state index contributed by atoms with van der Waals surface area (Å²) in [4.78, 5) is 15.5. The van der Waals surface area contributed by atoms with E-state index in [0.717, 1.165) is 112 Å². The van der Waals surface area contributed by atoms with Crippen molar-refractivity contribution in [3.63, 3.8) is 0 Å². The molecule has 15 aromatic rings. The van der Waals surface area contributed by atoms with E-state index in [9.17, 15) is 0 Å². The normalized spacial score (nSPS) is 12.7. The van der Waals surface area contributed by atoms with Gasteiger partial charge in [0.05, 0.1) is 33.4 Å². The van der Waals surface area contributed by atoms with Crippen LogP contribution in [0.15, 0.2) is 292 Å². The van der Waals surface area contributed by atoms with Crippen LogP contribution in [-0.2, 0) is 5.41 Å². The second kappa shape index (κ2) is 19.8. The van der Waals surface area contributed by atoms with Crippen molar-refractivity contribution in [1.82, 2.24) is 19.1 Å². The highest BCUT2D eigenvalue weighted by molar-refractivity contribution is 7.00. The fourth-order valence-corrected chi connectivity index (χ4v) is 14.3. The van der Waals surface area contributed by atoms with Gasteiger partial charge in [0, 0.05) is 103 Å². The van der Waals surface area contributed by atoms with E-state index < -0.39 is 0 Å². The van der Waals surface area contributed by atoms with E-state index in [-0.39, 0.29) is 12.1 Å². The monoisotopic (exact) mass is 1110 g/mol. The molecule has 6 heterocycles. The minimum absolute atomic E-state index is 0.217. The zero-order chi connectivity index (χ0) is 57.9. The smallest absolute Gasteiger partial charge is 0.252 e. The maximum Gasteiger partial charge on any atom is 0.252 e. The first kappa shape index (κ1) is 50.5. The molecule has 2 aliphatic rings. The number of hydrogen-bond donors (Lipinski definition) is 0. The van der Waals surface area contributed by atoms with Crippen LogP contribution >= 0.6 is 0 Å². The molecule has 0 saturated heterocycles. The van der Waals surface area contributed by atoms with Crippen LogP contribution < -0.4 is 26.2 Å². The molecule has 0 atom stereocenters. The van der Waals surface area contributed by atoms with Gasteiger partial charge in [-0.05, 0) is 110 Å². The van der Waals surface area contributed by atoms with E-state index in [1.807, 2.05) is 0 Å². The van der Waals surface area contributed by atoms with Crippen molar-refractivity contribution in [3.8, 4) is 55.9 Å². The molecule has 2 aliphatic heterocycles. The Morgan fingerprint density at radius 2 is 0.609 bits per heavy atom. The van der Waals surface area contributed by atoms with Gasteiger partial charge in [0.1, 0.15) is 0 Å². The minimum Gasteiger partial charge on any atom is -0.310 e. The van der Waals surface area contributed by atoms with E-state index in [1.54, 1.807) is 0 Å². The zero-order valence-electron chi connectivity index (χ0n) is 48.5. The molecule has 0 unspecified atom stereocenters. The first-order valence-electron chi connectivity index (χ1n) is 30.1. The molecule has 0 spiro atoms. The Balaban J connectivity index is 1.05. The number of para-hydroxylation sites is 4. The second-order valence-electron chi connectivity index (χ2n) is 24.1. The van der Waals surface area contributed by atoms with Crippen LogP contribution in [0.4, 0.5) is 34.1 Å². The van der Waals surface area contributed by atoms with E-state index in [2.05, 4.69) is 331 Å². The van der Waals surface area contributed by atoms with Gasteiger partial charge < -0.3 is 18.9 Å². The molecule has 87 heavy (non-hydrogen) atoms. The lowest BCUT2D eigenvalue weighted by Gasteiger charge is -2.46. The predicted octanol–water partition coefficient (Wildman–Crippen LogP) is 18.7. The van der Waals surface area contributed by atoms with Crippen molar-refractivity contribution in [3.05, 3.63) is 297 Å². The van der Waals surface area contributed by atoms with Gasteiger partial charge in [0.25, 0.3) is 6.71 Å². The van der Waals surface area contributed by atoms with Gasteiger partial charge in [-0.2, -0.15) is 0 Å². The summed E-state index contributed by atoms with van der Waals surface area (Å²) >= 11 is 0. The summed E-state index contributed by atoms with van der Waals surface area (Å²) in [5.74, 6) is 0. The second-order valence-corrected chi connectivity index (χ2v) is 24.1. The molecule has 11 aromatic carbocycles. The summed E-state index contributed by atoms with van der Waals surface area (Å²) in [5, 5.41) is 4.89. The van der Waals surface area contributed by atoms with Crippen molar-refractivity contribution < 1.29 is 0 Å². The Morgan fingerprint density at radius 1 is 0.310 bits per heavy atom. The quantitative estimate of drug-likeness (QED) is 0.142. The SMILES string of the molecule is CC(C)(C)c1cc2c3c(c1)N(c1c(-c4ccccc4)cncc1-c1ccccc1)c1cc(-n4c5ccccc5c5ccccc54)ccc1B3c1ccc(-n3c4ccccc4c4ccccc43)cc1N2c1c(-c2ccccc2)cncc1-c1ccccc1. The maximum absolute atomic E-state index is 5.13. The molecule has 410 valence electrons. The number of rotatable bonds is 8. The Hall–Kier alpha value is -11.0. The highest BCUT2D eigenvalue weighted by atomic mass is 15.2. The molecule has 0 radical (unpaired) electrons. The van der Waals surface area contributed by atoms with Gasteiger partial charge in [0.15, 0.2) is 0 Å². The molecular weight excluding hydrogens is 1060 g/mol. The average Bonchev–Trinajstić information content (AvgIpc) is 1.26. The van der Waals surface area contributed by atoms with Crippen LogP contribution in [0.25, 0.3) is 99.5 Å². The van der Waals surface area contributed by atoms with E-state index in [0.29, 0.717) is 0 Å². The summed E-state index contributed by atoms with van der Waals surface area (Å²) in [6.45, 7) is 6.86. The van der Waals surface area contributed by atoms with Crippen LogP contribution in [0.5, 0.6) is 0 Å². The third-order valence-corrected chi connectivity index (χ3v) is 18.2. The van der Waals surface area contributed by atoms with Crippen LogP contribution in [-0.4, -0.2) is 25.8 Å². The molecule has 0 aliphatic carbocycles. The number of pyridine rings is 2. The number of nitrogens with zero attached hydrogens (tertiary/aromatic N) is 6. The van der Waals surface area contributed by atoms with Gasteiger partial charge in [0.2, 0.25) is 0 Å². The molecule has 7 heteroatoms. The fourth-order valence-electron chi connectivity index (χ4n) is 14.3. The number of anilines is 6. The summed E-state index contributed by atoms with van der Waals surface area (Å²) in [5.41, 5.74) is 26.4. The minimum atomic E-state index is -0.305. The van der Waals surface area contributed by atoms with Gasteiger partial charge in [-0.25, -0.2) is 0 Å². The third-order valence-electron chi connectivity index (χ3n) is 18.2. The lowest BCUT2D eigenvalue weighted by atomic mass is 9.33. The number of aromatic nitrogens is 4. The number of benzene rings is 11. The topological polar surface area (TPSA) is 42.1 Å². The van der Waals surface area contributed by atoms with Crippen molar-refractivity contribution >= 4 is 101 Å². The van der Waals surface area contributed by atoms with Gasteiger partial charge in [-0.15, -0.1) is 0 Å². The van der Waals surface area contributed by atoms with Gasteiger partial charge >= 0.3 is 0 Å². The first-order valence-corrected chi connectivity index (χ1v) is 30.1. The summed E-state index contributed by atoms with van der Waals surface area (Å²) in [6, 6.07) is 98.3. The lowest BCUT2D eigenvalue weighted by Crippen LogP contribution is -2.61. The summed E-state index contributed by atoms with van der Waals surface area (Å²) in [6.07, 6.45) is 8.30. The van der Waals surface area contributed by atoms with Crippen molar-refractivity contribution in [2.75, 3.05) is 9.80 Å². The maximum atomic E-state index is 5.13. The van der Waals surface area contributed by atoms with E-state index >= 15 is 0 Å². The largest absolute Gasteiger partial charge is 0.310 e. The van der Waals surface area contributed by atoms with Crippen LogP contribution in [0.2, 0.25) is 0 Å². The van der Waals surface area contributed by atoms with E-state index in [4.69, 9.17) is 9.97 Å². The molecule has 0 saturated carbocycles. The van der Waals surface area contributed by atoms with Crippen molar-refractivity contribution in [1.29, 1.82) is 0 Å². The number of hydrogen-bond acceptors (Lipinski definition) is 4. The molecule has 0 N–H and O–H groups in total. The Morgan fingerprint density at radius 3 is 0.920 bits per heavy atom. The van der Waals surface area contributed by atoms with Crippen LogP contribution in [0.1, 0.15) is 26.3 Å². The van der Waals surface area contributed by atoms with Gasteiger partial charge in [-0.1, -0.05) is 227 Å². The Kier molecular flexibility index (Phi) is 11.5. The summed E-state index contributed by atoms with van der Waals surface area (Å²) < 4.78 is 4.93. The lowest BCUT2D eigenvalue weighted by molar-refractivity contribution is 0.590. The van der Waals surface area contributed by atoms with Crippen molar-refractivity contribution in [2.45, 2.75) is 26.2 Å². The third kappa shape index (κ3) is 7.89. The van der Waals surface area contributed by atoms with Crippen LogP contribution in [0, 0.1) is 0 Å². The Bertz CT molecular complexity index is 4680. The molecule has 0 amide bonds. The van der Waals surface area contributed by atoms with Crippen LogP contribution in [0.3, 0.4) is 0 Å². The highest BCUT2D eigenvalue weighted by Gasteiger charge is 2.46. The highest BCUT2D eigenvalue weighted by Crippen LogP contribution is 2.54.